The molecule has 0 radical (unpaired) electrons. The summed E-state index contributed by atoms with van der Waals surface area (Å²) in [5.41, 5.74) is 6.65. The van der Waals surface area contributed by atoms with Crippen molar-refractivity contribution in [2.24, 2.45) is 4.99 Å². The van der Waals surface area contributed by atoms with E-state index in [2.05, 4.69) is 78.9 Å². The molecule has 0 atom stereocenters. The van der Waals surface area contributed by atoms with Crippen molar-refractivity contribution in [1.29, 1.82) is 0 Å². The van der Waals surface area contributed by atoms with Crippen molar-refractivity contribution < 1.29 is 0 Å². The predicted molar refractivity (Wildman–Crippen MR) is 101 cm³/mol. The minimum atomic E-state index is 0.0423. The molecule has 3 aromatic carbocycles. The van der Waals surface area contributed by atoms with E-state index in [0.717, 1.165) is 0 Å². The van der Waals surface area contributed by atoms with Gasteiger partial charge in [-0.15, -0.1) is 0 Å². The van der Waals surface area contributed by atoms with Crippen molar-refractivity contribution in [3.63, 3.8) is 0 Å². The number of benzene rings is 3. The van der Waals surface area contributed by atoms with E-state index in [0.29, 0.717) is 0 Å². The monoisotopic (exact) mass is 311 g/mol. The van der Waals surface area contributed by atoms with E-state index >= 15 is 0 Å². The van der Waals surface area contributed by atoms with E-state index in [-0.39, 0.29) is 6.04 Å². The Bertz CT molecular complexity index is 795. The Balaban J connectivity index is 1.67. The standard InChI is InChI=1S/C23H21N/c1-3-8-20(9-4-1)23(21-10-5-2-6-11-21)24-17-18-14-15-19-12-7-13-22(19)16-18/h1-6,8-11,14-17,23H,7,12-13H2. The van der Waals surface area contributed by atoms with Gasteiger partial charge in [0.1, 0.15) is 0 Å². The average molecular weight is 311 g/mol. The van der Waals surface area contributed by atoms with Crippen LogP contribution in [-0.2, 0) is 12.8 Å². The molecule has 0 bridgehead atoms. The highest BCUT2D eigenvalue weighted by Crippen LogP contribution is 2.26. The zero-order valence-corrected chi connectivity index (χ0v) is 13.7. The lowest BCUT2D eigenvalue weighted by Crippen LogP contribution is -1.99. The minimum Gasteiger partial charge on any atom is -0.280 e. The first-order valence-electron chi connectivity index (χ1n) is 8.65. The van der Waals surface area contributed by atoms with Gasteiger partial charge in [-0.1, -0.05) is 72.8 Å². The van der Waals surface area contributed by atoms with Crippen molar-refractivity contribution in [1.82, 2.24) is 0 Å². The van der Waals surface area contributed by atoms with Crippen LogP contribution in [0.2, 0.25) is 0 Å². The molecule has 118 valence electrons. The van der Waals surface area contributed by atoms with E-state index in [4.69, 9.17) is 4.99 Å². The topological polar surface area (TPSA) is 12.4 Å². The van der Waals surface area contributed by atoms with Gasteiger partial charge in [0.2, 0.25) is 0 Å². The van der Waals surface area contributed by atoms with Crippen LogP contribution in [0.4, 0.5) is 0 Å². The van der Waals surface area contributed by atoms with E-state index in [9.17, 15) is 0 Å². The van der Waals surface area contributed by atoms with Gasteiger partial charge in [-0.2, -0.15) is 0 Å². The number of nitrogens with zero attached hydrogens (tertiary/aromatic N) is 1. The average Bonchev–Trinajstić information content (AvgIpc) is 3.11. The molecule has 0 unspecified atom stereocenters. The zero-order valence-electron chi connectivity index (χ0n) is 13.7. The number of hydrogen-bond donors (Lipinski definition) is 0. The normalized spacial score (nSPS) is 13.5. The van der Waals surface area contributed by atoms with Crippen molar-refractivity contribution in [2.45, 2.75) is 25.3 Å². The van der Waals surface area contributed by atoms with Crippen LogP contribution >= 0.6 is 0 Å². The molecule has 0 heterocycles. The van der Waals surface area contributed by atoms with Crippen molar-refractivity contribution in [2.75, 3.05) is 0 Å². The number of rotatable bonds is 4. The fourth-order valence-corrected chi connectivity index (χ4v) is 3.47. The maximum atomic E-state index is 4.93. The van der Waals surface area contributed by atoms with Crippen molar-refractivity contribution >= 4 is 6.21 Å². The molecule has 24 heavy (non-hydrogen) atoms. The first-order valence-corrected chi connectivity index (χ1v) is 8.65. The lowest BCUT2D eigenvalue weighted by molar-refractivity contribution is 0.878. The van der Waals surface area contributed by atoms with Crippen molar-refractivity contribution in [3.05, 3.63) is 107 Å². The molecule has 1 aliphatic rings. The molecule has 0 aliphatic heterocycles. The summed E-state index contributed by atoms with van der Waals surface area (Å²) in [5, 5.41) is 0. The number of aryl methyl sites for hydroxylation is 2. The molecule has 1 aliphatic carbocycles. The lowest BCUT2D eigenvalue weighted by atomic mass is 9.99. The number of hydrogen-bond acceptors (Lipinski definition) is 1. The highest BCUT2D eigenvalue weighted by molar-refractivity contribution is 5.80. The van der Waals surface area contributed by atoms with Gasteiger partial charge in [-0.25, -0.2) is 0 Å². The Hall–Kier alpha value is -2.67. The third kappa shape index (κ3) is 3.16. The Morgan fingerprint density at radius 2 is 1.33 bits per heavy atom. The van der Waals surface area contributed by atoms with E-state index in [1.54, 1.807) is 0 Å². The summed E-state index contributed by atoms with van der Waals surface area (Å²) < 4.78 is 0. The Labute approximate surface area is 143 Å². The fraction of sp³-hybridized carbons (Fsp3) is 0.174. The largest absolute Gasteiger partial charge is 0.280 e. The summed E-state index contributed by atoms with van der Waals surface area (Å²) in [7, 11) is 0. The van der Waals surface area contributed by atoms with Crippen molar-refractivity contribution in [3.8, 4) is 0 Å². The molecule has 3 aromatic rings. The lowest BCUT2D eigenvalue weighted by Gasteiger charge is -2.13. The van der Waals surface area contributed by atoms with Gasteiger partial charge in [0, 0.05) is 6.21 Å². The molecule has 0 fully saturated rings. The second-order valence-electron chi connectivity index (χ2n) is 6.38. The van der Waals surface area contributed by atoms with Gasteiger partial charge in [0.15, 0.2) is 0 Å². The summed E-state index contributed by atoms with van der Waals surface area (Å²) >= 11 is 0. The van der Waals surface area contributed by atoms with Gasteiger partial charge in [-0.05, 0) is 53.1 Å². The smallest absolute Gasteiger partial charge is 0.0999 e. The van der Waals surface area contributed by atoms with Gasteiger partial charge in [0.25, 0.3) is 0 Å². The summed E-state index contributed by atoms with van der Waals surface area (Å²) in [6.45, 7) is 0. The third-order valence-electron chi connectivity index (χ3n) is 4.73. The second-order valence-corrected chi connectivity index (χ2v) is 6.38. The highest BCUT2D eigenvalue weighted by Gasteiger charge is 2.12. The van der Waals surface area contributed by atoms with Crippen LogP contribution in [-0.4, -0.2) is 6.21 Å². The molecule has 0 saturated heterocycles. The summed E-state index contributed by atoms with van der Waals surface area (Å²) in [6, 6.07) is 27.8. The van der Waals surface area contributed by atoms with E-state index in [1.807, 2.05) is 6.21 Å². The van der Waals surface area contributed by atoms with E-state index in [1.165, 1.54) is 47.1 Å². The summed E-state index contributed by atoms with van der Waals surface area (Å²) in [4.78, 5) is 4.93. The van der Waals surface area contributed by atoms with Crippen LogP contribution < -0.4 is 0 Å². The number of aliphatic imine (C=N–C) groups is 1. The Morgan fingerprint density at radius 3 is 2.00 bits per heavy atom. The van der Waals surface area contributed by atoms with Crippen LogP contribution in [0.5, 0.6) is 0 Å². The molecule has 0 N–H and O–H groups in total. The van der Waals surface area contributed by atoms with Crippen LogP contribution in [0.1, 0.15) is 40.3 Å². The molecule has 4 rings (SSSR count). The maximum absolute atomic E-state index is 4.93. The summed E-state index contributed by atoms with van der Waals surface area (Å²) in [6.07, 6.45) is 5.75. The van der Waals surface area contributed by atoms with Gasteiger partial charge in [-0.3, -0.25) is 4.99 Å². The molecular weight excluding hydrogens is 290 g/mol. The van der Waals surface area contributed by atoms with Gasteiger partial charge >= 0.3 is 0 Å². The van der Waals surface area contributed by atoms with Crippen LogP contribution in [0.15, 0.2) is 83.9 Å². The molecule has 1 heteroatoms. The first-order chi connectivity index (χ1) is 11.9. The molecule has 1 nitrogen and oxygen atoms in total. The van der Waals surface area contributed by atoms with Gasteiger partial charge < -0.3 is 0 Å². The predicted octanol–water partition coefficient (Wildman–Crippen LogP) is 5.38. The van der Waals surface area contributed by atoms with E-state index < -0.39 is 0 Å². The molecule has 0 saturated carbocycles. The van der Waals surface area contributed by atoms with Crippen LogP contribution in [0.25, 0.3) is 0 Å². The molecule has 0 aromatic heterocycles. The highest BCUT2D eigenvalue weighted by atomic mass is 14.8. The minimum absolute atomic E-state index is 0.0423. The molecular formula is C23H21N. The quantitative estimate of drug-likeness (QED) is 0.573. The van der Waals surface area contributed by atoms with Crippen LogP contribution in [0.3, 0.4) is 0 Å². The van der Waals surface area contributed by atoms with Crippen LogP contribution in [0, 0.1) is 0 Å². The van der Waals surface area contributed by atoms with Gasteiger partial charge in [0.05, 0.1) is 6.04 Å². The first kappa shape index (κ1) is 14.9. The number of fused-ring (bicyclic) bond motifs is 1. The third-order valence-corrected chi connectivity index (χ3v) is 4.73. The fourth-order valence-electron chi connectivity index (χ4n) is 3.47. The zero-order chi connectivity index (χ0) is 16.2. The molecule has 0 amide bonds. The summed E-state index contributed by atoms with van der Waals surface area (Å²) in [5.74, 6) is 0. The molecule has 0 spiro atoms. The SMILES string of the molecule is C(=NC(c1ccccc1)c1ccccc1)c1ccc2c(c1)CCC2. The Morgan fingerprint density at radius 1 is 0.708 bits per heavy atom. The second kappa shape index (κ2) is 6.84. The Kier molecular flexibility index (Phi) is 4.24. The maximum Gasteiger partial charge on any atom is 0.0999 e.